The van der Waals surface area contributed by atoms with Gasteiger partial charge in [0, 0.05) is 4.47 Å². The predicted octanol–water partition coefficient (Wildman–Crippen LogP) is 4.53. The van der Waals surface area contributed by atoms with E-state index in [1.807, 2.05) is 6.07 Å². The Kier molecular flexibility index (Phi) is 6.55. The number of carbonyl (C=O) groups excluding carboxylic acids is 3. The summed E-state index contributed by atoms with van der Waals surface area (Å²) in [5.41, 5.74) is 4.05. The Labute approximate surface area is 198 Å². The van der Waals surface area contributed by atoms with E-state index in [1.165, 1.54) is 11.1 Å². The fourth-order valence-corrected chi connectivity index (χ4v) is 3.46. The normalized spacial score (nSPS) is 14.4. The van der Waals surface area contributed by atoms with Gasteiger partial charge >= 0.3 is 5.97 Å². The zero-order valence-electron chi connectivity index (χ0n) is 17.6. The number of amides is 2. The molecule has 1 saturated heterocycles. The first-order valence-electron chi connectivity index (χ1n) is 10.1. The Morgan fingerprint density at radius 3 is 2.42 bits per heavy atom. The number of ether oxygens (including phenoxy) is 2. The van der Waals surface area contributed by atoms with Gasteiger partial charge in [-0.15, -0.1) is 0 Å². The van der Waals surface area contributed by atoms with Crippen molar-refractivity contribution in [2.45, 2.75) is 6.92 Å². The van der Waals surface area contributed by atoms with Crippen molar-refractivity contribution in [3.63, 3.8) is 0 Å². The molecule has 1 heterocycles. The van der Waals surface area contributed by atoms with E-state index in [1.54, 1.807) is 73.7 Å². The van der Waals surface area contributed by atoms with Crippen molar-refractivity contribution in [3.05, 3.63) is 94.0 Å². The molecule has 1 fully saturated rings. The molecule has 4 rings (SSSR count). The minimum atomic E-state index is -0.529. The molecule has 1 aliphatic rings. The number of nitrogens with one attached hydrogen (secondary N) is 1. The number of benzene rings is 3. The van der Waals surface area contributed by atoms with Crippen LogP contribution in [-0.4, -0.2) is 24.4 Å². The third-order valence-corrected chi connectivity index (χ3v) is 5.30. The number of esters is 1. The summed E-state index contributed by atoms with van der Waals surface area (Å²) in [5, 5.41) is 1.20. The fourth-order valence-electron chi connectivity index (χ4n) is 3.19. The highest BCUT2D eigenvalue weighted by Gasteiger charge is 2.34. The van der Waals surface area contributed by atoms with Gasteiger partial charge in [0.2, 0.25) is 0 Å². The molecule has 8 heteroatoms. The van der Waals surface area contributed by atoms with Gasteiger partial charge in [-0.05, 0) is 67.1 Å². The highest BCUT2D eigenvalue weighted by molar-refractivity contribution is 9.10. The molecule has 7 nitrogen and oxygen atoms in total. The lowest BCUT2D eigenvalue weighted by Crippen LogP contribution is -2.35. The summed E-state index contributed by atoms with van der Waals surface area (Å²) in [6, 6.07) is 20.4. The van der Waals surface area contributed by atoms with Crippen molar-refractivity contribution < 1.29 is 23.9 Å². The summed E-state index contributed by atoms with van der Waals surface area (Å²) >= 11 is 3.33. The maximum atomic E-state index is 12.8. The third kappa shape index (κ3) is 4.96. The molecule has 0 aliphatic carbocycles. The van der Waals surface area contributed by atoms with Gasteiger partial charge in [0.25, 0.3) is 11.8 Å². The number of anilines is 1. The molecule has 0 atom stereocenters. The van der Waals surface area contributed by atoms with Crippen LogP contribution in [0, 0.1) is 0 Å². The van der Waals surface area contributed by atoms with Crippen molar-refractivity contribution in [3.8, 4) is 11.5 Å². The molecule has 0 spiro atoms. The lowest BCUT2D eigenvalue weighted by atomic mass is 10.1. The van der Waals surface area contributed by atoms with Crippen molar-refractivity contribution in [1.82, 2.24) is 5.43 Å². The summed E-state index contributed by atoms with van der Waals surface area (Å²) in [7, 11) is 0. The Balaban J connectivity index is 1.59. The number of para-hydroxylation sites is 1. The molecular formula is C25H19BrN2O5. The first kappa shape index (κ1) is 22.3. The monoisotopic (exact) mass is 506 g/mol. The van der Waals surface area contributed by atoms with Crippen LogP contribution in [0.2, 0.25) is 0 Å². The fraction of sp³-hybridized carbons (Fsp3) is 0.0800. The Hall–Kier alpha value is -3.91. The van der Waals surface area contributed by atoms with E-state index in [4.69, 9.17) is 9.47 Å². The van der Waals surface area contributed by atoms with Crippen LogP contribution >= 0.6 is 15.9 Å². The van der Waals surface area contributed by atoms with Gasteiger partial charge < -0.3 is 9.47 Å². The second-order valence-electron chi connectivity index (χ2n) is 7.01. The number of hydrazine groups is 1. The molecule has 1 aliphatic heterocycles. The highest BCUT2D eigenvalue weighted by atomic mass is 79.9. The average Bonchev–Trinajstić information content (AvgIpc) is 3.10. The smallest absolute Gasteiger partial charge is 0.343 e. The molecule has 0 bridgehead atoms. The zero-order valence-corrected chi connectivity index (χ0v) is 19.2. The topological polar surface area (TPSA) is 84.9 Å². The van der Waals surface area contributed by atoms with Gasteiger partial charge in [-0.3, -0.25) is 15.0 Å². The summed E-state index contributed by atoms with van der Waals surface area (Å²) in [5.74, 6) is -0.941. The predicted molar refractivity (Wildman–Crippen MR) is 127 cm³/mol. The van der Waals surface area contributed by atoms with Crippen molar-refractivity contribution in [1.29, 1.82) is 0 Å². The SMILES string of the molecule is CCOc1cc(/C=C2/C(=O)NN(c3ccccc3)C2=O)ccc1OC(=O)c1ccc(Br)cc1. The zero-order chi connectivity index (χ0) is 23.4. The standard InChI is InChI=1S/C25H19BrN2O5/c1-2-32-22-15-16(8-13-21(22)33-25(31)17-9-11-18(26)12-10-17)14-20-23(29)27-28(24(20)30)19-6-4-3-5-7-19/h3-15H,2H2,1H3,(H,27,29)/b20-14-. The molecule has 0 unspecified atom stereocenters. The van der Waals surface area contributed by atoms with E-state index in [0.29, 0.717) is 29.2 Å². The summed E-state index contributed by atoms with van der Waals surface area (Å²) in [4.78, 5) is 37.7. The van der Waals surface area contributed by atoms with Gasteiger partial charge in [0.15, 0.2) is 11.5 Å². The van der Waals surface area contributed by atoms with E-state index in [9.17, 15) is 14.4 Å². The molecule has 0 aromatic heterocycles. The number of nitrogens with zero attached hydrogens (tertiary/aromatic N) is 1. The molecule has 33 heavy (non-hydrogen) atoms. The second kappa shape index (κ2) is 9.70. The van der Waals surface area contributed by atoms with Crippen LogP contribution in [0.1, 0.15) is 22.8 Å². The van der Waals surface area contributed by atoms with Gasteiger partial charge in [0.05, 0.1) is 17.9 Å². The molecular weight excluding hydrogens is 488 g/mol. The summed E-state index contributed by atoms with van der Waals surface area (Å²) in [6.07, 6.45) is 1.48. The molecule has 3 aromatic carbocycles. The van der Waals surface area contributed by atoms with E-state index < -0.39 is 17.8 Å². The highest BCUT2D eigenvalue weighted by Crippen LogP contribution is 2.31. The van der Waals surface area contributed by atoms with Gasteiger partial charge in [-0.2, -0.15) is 0 Å². The Morgan fingerprint density at radius 2 is 1.73 bits per heavy atom. The number of hydrogen-bond donors (Lipinski definition) is 1. The lowest BCUT2D eigenvalue weighted by Gasteiger charge is -2.14. The number of halogens is 1. The molecule has 0 saturated carbocycles. The molecule has 1 N–H and O–H groups in total. The van der Waals surface area contributed by atoms with Crippen molar-refractivity contribution in [2.75, 3.05) is 11.6 Å². The van der Waals surface area contributed by atoms with Crippen LogP contribution in [0.4, 0.5) is 5.69 Å². The summed E-state index contributed by atoms with van der Waals surface area (Å²) < 4.78 is 12.0. The van der Waals surface area contributed by atoms with Crippen LogP contribution in [0.3, 0.4) is 0 Å². The van der Waals surface area contributed by atoms with Crippen LogP contribution in [0.25, 0.3) is 6.08 Å². The van der Waals surface area contributed by atoms with Crippen molar-refractivity contribution in [2.24, 2.45) is 0 Å². The largest absolute Gasteiger partial charge is 0.490 e. The Morgan fingerprint density at radius 1 is 1.00 bits per heavy atom. The molecule has 2 amide bonds. The Bertz CT molecular complexity index is 1240. The molecule has 3 aromatic rings. The van der Waals surface area contributed by atoms with E-state index in [-0.39, 0.29) is 11.3 Å². The van der Waals surface area contributed by atoms with E-state index >= 15 is 0 Å². The van der Waals surface area contributed by atoms with E-state index in [2.05, 4.69) is 21.4 Å². The third-order valence-electron chi connectivity index (χ3n) is 4.77. The second-order valence-corrected chi connectivity index (χ2v) is 7.93. The van der Waals surface area contributed by atoms with Crippen LogP contribution in [-0.2, 0) is 9.59 Å². The van der Waals surface area contributed by atoms with Gasteiger partial charge in [-0.1, -0.05) is 40.2 Å². The molecule has 0 radical (unpaired) electrons. The van der Waals surface area contributed by atoms with Gasteiger partial charge in [0.1, 0.15) is 5.57 Å². The lowest BCUT2D eigenvalue weighted by molar-refractivity contribution is -0.117. The number of carbonyl (C=O) groups is 3. The first-order chi connectivity index (χ1) is 16.0. The van der Waals surface area contributed by atoms with Crippen LogP contribution in [0.15, 0.2) is 82.8 Å². The maximum absolute atomic E-state index is 12.8. The van der Waals surface area contributed by atoms with Crippen LogP contribution in [0.5, 0.6) is 11.5 Å². The minimum absolute atomic E-state index is 0.0130. The minimum Gasteiger partial charge on any atom is -0.490 e. The van der Waals surface area contributed by atoms with Gasteiger partial charge in [-0.25, -0.2) is 9.80 Å². The first-order valence-corrected chi connectivity index (χ1v) is 10.9. The number of hydrogen-bond acceptors (Lipinski definition) is 5. The maximum Gasteiger partial charge on any atom is 0.343 e. The van der Waals surface area contributed by atoms with Crippen LogP contribution < -0.4 is 19.9 Å². The van der Waals surface area contributed by atoms with E-state index in [0.717, 1.165) is 4.47 Å². The number of rotatable bonds is 6. The summed E-state index contributed by atoms with van der Waals surface area (Å²) in [6.45, 7) is 2.14. The van der Waals surface area contributed by atoms with Crippen molar-refractivity contribution >= 4 is 45.5 Å². The molecule has 166 valence electrons. The quantitative estimate of drug-likeness (QED) is 0.230. The average molecular weight is 507 g/mol.